The molecule has 1 saturated heterocycles. The van der Waals surface area contributed by atoms with E-state index in [1.165, 1.54) is 21.3 Å². The fourth-order valence-corrected chi connectivity index (χ4v) is 4.15. The van der Waals surface area contributed by atoms with Gasteiger partial charge in [0.2, 0.25) is 15.9 Å². The van der Waals surface area contributed by atoms with E-state index >= 15 is 0 Å². The van der Waals surface area contributed by atoms with E-state index < -0.39 is 15.9 Å². The molecule has 8 nitrogen and oxygen atoms in total. The number of hydrogen-bond acceptors (Lipinski definition) is 6. The van der Waals surface area contributed by atoms with Crippen LogP contribution in [0.3, 0.4) is 0 Å². The highest BCUT2D eigenvalue weighted by molar-refractivity contribution is 7.89. The fourth-order valence-electron chi connectivity index (χ4n) is 2.43. The van der Waals surface area contributed by atoms with E-state index in [1.54, 1.807) is 19.1 Å². The van der Waals surface area contributed by atoms with Crippen molar-refractivity contribution in [1.82, 2.24) is 19.4 Å². The zero-order chi connectivity index (χ0) is 17.3. The van der Waals surface area contributed by atoms with Gasteiger partial charge in [-0.2, -0.15) is 4.31 Å². The van der Waals surface area contributed by atoms with Gasteiger partial charge in [0, 0.05) is 38.1 Å². The molecular weight excluding hydrogens is 356 g/mol. The van der Waals surface area contributed by atoms with Gasteiger partial charge in [0.25, 0.3) is 0 Å². The smallest absolute Gasteiger partial charge is 0.311 e. The van der Waals surface area contributed by atoms with Crippen LogP contribution in [-0.2, 0) is 10.0 Å². The molecule has 1 amide bonds. The number of aryl methyl sites for hydroxylation is 1. The van der Waals surface area contributed by atoms with E-state index in [9.17, 15) is 13.2 Å². The minimum absolute atomic E-state index is 0.0846. The third-order valence-corrected chi connectivity index (χ3v) is 5.80. The summed E-state index contributed by atoms with van der Waals surface area (Å²) in [6.07, 6.45) is 0. The summed E-state index contributed by atoms with van der Waals surface area (Å²) in [5.74, 6) is -0.172. The number of carbonyl (C=O) groups excluding carboxylic acids is 1. The molecule has 10 heteroatoms. The van der Waals surface area contributed by atoms with E-state index in [1.807, 2.05) is 0 Å². The van der Waals surface area contributed by atoms with Crippen molar-refractivity contribution in [2.75, 3.05) is 26.2 Å². The molecule has 1 aliphatic heterocycles. The Kier molecular flexibility index (Phi) is 4.57. The standard InChI is InChI=1S/C14H15ClN4O4S/c1-10-16-17-13(23-10)14(20)18-5-7-19(8-6-18)24(21,22)12-4-2-3-11(15)9-12/h2-4,9H,5-8H2,1H3. The lowest BCUT2D eigenvalue weighted by Crippen LogP contribution is -2.50. The van der Waals surface area contributed by atoms with Gasteiger partial charge in [-0.3, -0.25) is 4.79 Å². The van der Waals surface area contributed by atoms with Crippen molar-refractivity contribution in [3.05, 3.63) is 41.1 Å². The zero-order valence-electron chi connectivity index (χ0n) is 12.8. The van der Waals surface area contributed by atoms with Crippen LogP contribution in [0.25, 0.3) is 0 Å². The van der Waals surface area contributed by atoms with E-state index in [2.05, 4.69) is 10.2 Å². The first-order valence-electron chi connectivity index (χ1n) is 7.23. The number of benzene rings is 1. The lowest BCUT2D eigenvalue weighted by Gasteiger charge is -2.33. The minimum Gasteiger partial charge on any atom is -0.417 e. The summed E-state index contributed by atoms with van der Waals surface area (Å²) in [6, 6.07) is 6.12. The van der Waals surface area contributed by atoms with Gasteiger partial charge in [-0.15, -0.1) is 10.2 Å². The molecule has 2 aromatic rings. The number of amides is 1. The van der Waals surface area contributed by atoms with Gasteiger partial charge in [-0.25, -0.2) is 8.42 Å². The van der Waals surface area contributed by atoms with Crippen LogP contribution in [0.15, 0.2) is 33.6 Å². The van der Waals surface area contributed by atoms with Gasteiger partial charge < -0.3 is 9.32 Å². The summed E-state index contributed by atoms with van der Waals surface area (Å²) in [5.41, 5.74) is 0. The molecule has 0 spiro atoms. The topological polar surface area (TPSA) is 96.6 Å². The molecule has 2 heterocycles. The van der Waals surface area contributed by atoms with E-state index in [-0.39, 0.29) is 37.0 Å². The SMILES string of the molecule is Cc1nnc(C(=O)N2CCN(S(=O)(=O)c3cccc(Cl)c3)CC2)o1. The summed E-state index contributed by atoms with van der Waals surface area (Å²) < 4.78 is 31.7. The van der Waals surface area contributed by atoms with E-state index in [0.29, 0.717) is 10.9 Å². The normalized spacial score (nSPS) is 16.3. The maximum absolute atomic E-state index is 12.6. The van der Waals surface area contributed by atoms with Gasteiger partial charge in [-0.05, 0) is 18.2 Å². The minimum atomic E-state index is -3.63. The molecule has 0 saturated carbocycles. The molecule has 1 aromatic heterocycles. The van der Waals surface area contributed by atoms with Crippen LogP contribution in [0.4, 0.5) is 0 Å². The lowest BCUT2D eigenvalue weighted by atomic mass is 10.3. The second kappa shape index (κ2) is 6.50. The van der Waals surface area contributed by atoms with Gasteiger partial charge in [0.05, 0.1) is 4.90 Å². The average Bonchev–Trinajstić information content (AvgIpc) is 3.01. The number of halogens is 1. The van der Waals surface area contributed by atoms with Crippen molar-refractivity contribution in [2.24, 2.45) is 0 Å². The van der Waals surface area contributed by atoms with Crippen LogP contribution >= 0.6 is 11.6 Å². The van der Waals surface area contributed by atoms with Crippen LogP contribution in [0.5, 0.6) is 0 Å². The van der Waals surface area contributed by atoms with Gasteiger partial charge in [0.1, 0.15) is 0 Å². The largest absolute Gasteiger partial charge is 0.417 e. The van der Waals surface area contributed by atoms with Crippen molar-refractivity contribution in [3.8, 4) is 0 Å². The molecule has 0 atom stereocenters. The summed E-state index contributed by atoms with van der Waals surface area (Å²) in [7, 11) is -3.63. The molecule has 0 bridgehead atoms. The average molecular weight is 371 g/mol. The van der Waals surface area contributed by atoms with Crippen molar-refractivity contribution >= 4 is 27.5 Å². The molecular formula is C14H15ClN4O4S. The summed E-state index contributed by atoms with van der Waals surface area (Å²) in [4.78, 5) is 13.9. The zero-order valence-corrected chi connectivity index (χ0v) is 14.4. The maximum atomic E-state index is 12.6. The number of sulfonamides is 1. The van der Waals surface area contributed by atoms with Gasteiger partial charge in [0.15, 0.2) is 0 Å². The molecule has 0 radical (unpaired) electrons. The van der Waals surface area contributed by atoms with Crippen molar-refractivity contribution < 1.29 is 17.6 Å². The second-order valence-electron chi connectivity index (χ2n) is 5.28. The van der Waals surface area contributed by atoms with Gasteiger partial charge in [-0.1, -0.05) is 17.7 Å². The Morgan fingerprint density at radius 3 is 2.50 bits per heavy atom. The van der Waals surface area contributed by atoms with Crippen molar-refractivity contribution in [2.45, 2.75) is 11.8 Å². The van der Waals surface area contributed by atoms with Crippen LogP contribution in [0.2, 0.25) is 5.02 Å². The van der Waals surface area contributed by atoms with Crippen LogP contribution in [0, 0.1) is 6.92 Å². The Bertz CT molecular complexity index is 859. The van der Waals surface area contributed by atoms with Crippen LogP contribution < -0.4 is 0 Å². The lowest BCUT2D eigenvalue weighted by molar-refractivity contribution is 0.0656. The molecule has 1 fully saturated rings. The Morgan fingerprint density at radius 1 is 1.21 bits per heavy atom. The monoisotopic (exact) mass is 370 g/mol. The molecule has 128 valence electrons. The third kappa shape index (κ3) is 3.28. The summed E-state index contributed by atoms with van der Waals surface area (Å²) >= 11 is 5.87. The van der Waals surface area contributed by atoms with Crippen molar-refractivity contribution in [3.63, 3.8) is 0 Å². The van der Waals surface area contributed by atoms with Crippen LogP contribution in [-0.4, -0.2) is 59.9 Å². The highest BCUT2D eigenvalue weighted by atomic mass is 35.5. The highest BCUT2D eigenvalue weighted by Crippen LogP contribution is 2.21. The van der Waals surface area contributed by atoms with Crippen LogP contribution in [0.1, 0.15) is 16.6 Å². The molecule has 0 N–H and O–H groups in total. The van der Waals surface area contributed by atoms with Crippen molar-refractivity contribution in [1.29, 1.82) is 0 Å². The Hall–Kier alpha value is -1.97. The quantitative estimate of drug-likeness (QED) is 0.804. The number of aromatic nitrogens is 2. The molecule has 1 aliphatic rings. The number of rotatable bonds is 3. The number of carbonyl (C=O) groups is 1. The molecule has 1 aromatic carbocycles. The predicted octanol–water partition coefficient (Wildman–Crippen LogP) is 1.18. The number of hydrogen-bond donors (Lipinski definition) is 0. The summed E-state index contributed by atoms with van der Waals surface area (Å²) in [5, 5.41) is 7.67. The molecule has 24 heavy (non-hydrogen) atoms. The van der Waals surface area contributed by atoms with E-state index in [4.69, 9.17) is 16.0 Å². The molecule has 0 unspecified atom stereocenters. The Balaban J connectivity index is 1.69. The first-order valence-corrected chi connectivity index (χ1v) is 9.05. The molecule has 3 rings (SSSR count). The second-order valence-corrected chi connectivity index (χ2v) is 7.65. The molecule has 0 aliphatic carbocycles. The first kappa shape index (κ1) is 16.9. The maximum Gasteiger partial charge on any atom is 0.311 e. The summed E-state index contributed by atoms with van der Waals surface area (Å²) in [6.45, 7) is 2.47. The highest BCUT2D eigenvalue weighted by Gasteiger charge is 2.32. The number of nitrogens with zero attached hydrogens (tertiary/aromatic N) is 4. The third-order valence-electron chi connectivity index (χ3n) is 3.67. The number of piperazine rings is 1. The Morgan fingerprint density at radius 2 is 1.92 bits per heavy atom. The fraction of sp³-hybridized carbons (Fsp3) is 0.357. The predicted molar refractivity (Wildman–Crippen MR) is 85.1 cm³/mol. The Labute approximate surface area is 144 Å². The first-order chi connectivity index (χ1) is 11.4. The van der Waals surface area contributed by atoms with E-state index in [0.717, 1.165) is 0 Å². The van der Waals surface area contributed by atoms with Gasteiger partial charge >= 0.3 is 11.8 Å².